The zero-order valence-corrected chi connectivity index (χ0v) is 11.9. The number of rotatable bonds is 1. The van der Waals surface area contributed by atoms with Crippen molar-refractivity contribution in [2.75, 3.05) is 11.1 Å². The average Bonchev–Trinajstić information content (AvgIpc) is 2.75. The molecule has 1 aromatic heterocycles. The molecule has 1 aliphatic rings. The van der Waals surface area contributed by atoms with Crippen molar-refractivity contribution in [3.8, 4) is 0 Å². The molecule has 0 saturated heterocycles. The molecule has 2 aromatic rings. The van der Waals surface area contributed by atoms with Gasteiger partial charge >= 0.3 is 0 Å². The van der Waals surface area contributed by atoms with Gasteiger partial charge in [-0.15, -0.1) is 11.8 Å². The number of carbonyl (C=O) groups excluding carboxylic acids is 1. The summed E-state index contributed by atoms with van der Waals surface area (Å²) in [5.41, 5.74) is 1.70. The maximum Gasteiger partial charge on any atom is 0.235 e. The van der Waals surface area contributed by atoms with Gasteiger partial charge < -0.3 is 5.32 Å². The molecule has 3 rings (SSSR count). The minimum Gasteiger partial charge on any atom is -0.310 e. The Morgan fingerprint density at radius 3 is 2.79 bits per heavy atom. The number of amides is 1. The summed E-state index contributed by atoms with van der Waals surface area (Å²) in [4.78, 5) is 11.6. The number of benzene rings is 1. The van der Waals surface area contributed by atoms with Crippen molar-refractivity contribution in [2.24, 2.45) is 0 Å². The second-order valence-corrected chi connectivity index (χ2v) is 5.98. The molecule has 0 aliphatic carbocycles. The summed E-state index contributed by atoms with van der Waals surface area (Å²) in [6, 6.07) is 5.39. The molecule has 0 spiro atoms. The third-order valence-electron chi connectivity index (χ3n) is 2.86. The van der Waals surface area contributed by atoms with E-state index in [0.717, 1.165) is 11.1 Å². The second-order valence-electron chi connectivity index (χ2n) is 4.07. The van der Waals surface area contributed by atoms with Crippen LogP contribution in [0.1, 0.15) is 16.4 Å². The van der Waals surface area contributed by atoms with Crippen molar-refractivity contribution >= 4 is 46.7 Å². The molecule has 0 fully saturated rings. The van der Waals surface area contributed by atoms with Gasteiger partial charge in [-0.1, -0.05) is 29.3 Å². The Labute approximate surface area is 123 Å². The molecule has 7 heteroatoms. The minimum absolute atomic E-state index is 0.0684. The highest BCUT2D eigenvalue weighted by Gasteiger charge is 2.28. The fourth-order valence-electron chi connectivity index (χ4n) is 2.02. The summed E-state index contributed by atoms with van der Waals surface area (Å²) in [5, 5.41) is 10.6. The molecule has 2 heterocycles. The van der Waals surface area contributed by atoms with Crippen LogP contribution in [0.5, 0.6) is 0 Å². The molecule has 0 bridgehead atoms. The van der Waals surface area contributed by atoms with Gasteiger partial charge in [-0.3, -0.25) is 9.89 Å². The molecular weight excluding hydrogens is 305 g/mol. The minimum atomic E-state index is -0.117. The van der Waals surface area contributed by atoms with E-state index < -0.39 is 0 Å². The number of nitrogens with zero attached hydrogens (tertiary/aromatic N) is 1. The van der Waals surface area contributed by atoms with Gasteiger partial charge in [0.1, 0.15) is 5.82 Å². The molecule has 2 N–H and O–H groups in total. The standard InChI is InChI=1S/C12H9Cl2N3OS/c13-7-2-1-3-8(14)10(7)11-6-4-15-17-12(6)16-9(18)5-19-11/h1-4,11H,5H2,(H2,15,16,17,18)/t11-/m1/s1. The SMILES string of the molecule is O=C1CS[C@@H](c2c(Cl)cccc2Cl)c2cn[nH]c2N1. The maximum absolute atomic E-state index is 11.6. The Hall–Kier alpha value is -1.17. The van der Waals surface area contributed by atoms with Crippen LogP contribution < -0.4 is 5.32 Å². The van der Waals surface area contributed by atoms with Gasteiger partial charge in [-0.25, -0.2) is 0 Å². The summed E-state index contributed by atoms with van der Waals surface area (Å²) in [6.07, 6.45) is 1.69. The smallest absolute Gasteiger partial charge is 0.235 e. The monoisotopic (exact) mass is 313 g/mol. The molecule has 19 heavy (non-hydrogen) atoms. The summed E-state index contributed by atoms with van der Waals surface area (Å²) in [5.74, 6) is 0.881. The van der Waals surface area contributed by atoms with Crippen molar-refractivity contribution in [3.63, 3.8) is 0 Å². The first-order chi connectivity index (χ1) is 9.16. The van der Waals surface area contributed by atoms with E-state index in [4.69, 9.17) is 23.2 Å². The van der Waals surface area contributed by atoms with Crippen molar-refractivity contribution in [1.29, 1.82) is 0 Å². The molecule has 4 nitrogen and oxygen atoms in total. The molecule has 0 saturated carbocycles. The van der Waals surface area contributed by atoms with E-state index in [0.29, 0.717) is 21.6 Å². The van der Waals surface area contributed by atoms with Gasteiger partial charge in [0.05, 0.1) is 17.2 Å². The number of halogens is 2. The number of thioether (sulfide) groups is 1. The first-order valence-corrected chi connectivity index (χ1v) is 7.36. The van der Waals surface area contributed by atoms with Gasteiger partial charge in [0.15, 0.2) is 0 Å². The van der Waals surface area contributed by atoms with Crippen LogP contribution in [-0.4, -0.2) is 21.9 Å². The Morgan fingerprint density at radius 1 is 1.32 bits per heavy atom. The molecule has 1 aromatic carbocycles. The number of anilines is 1. The van der Waals surface area contributed by atoms with Crippen LogP contribution in [0.4, 0.5) is 5.82 Å². The fraction of sp³-hybridized carbons (Fsp3) is 0.167. The van der Waals surface area contributed by atoms with Crippen LogP contribution in [0, 0.1) is 0 Å². The van der Waals surface area contributed by atoms with Crippen molar-refractivity contribution in [1.82, 2.24) is 10.2 Å². The number of fused-ring (bicyclic) bond motifs is 1. The van der Waals surface area contributed by atoms with Gasteiger partial charge in [-0.2, -0.15) is 5.10 Å². The number of nitrogens with one attached hydrogen (secondary N) is 2. The Kier molecular flexibility index (Phi) is 3.43. The van der Waals surface area contributed by atoms with Crippen LogP contribution in [0.2, 0.25) is 10.0 Å². The molecule has 1 aliphatic heterocycles. The van der Waals surface area contributed by atoms with E-state index in [1.54, 1.807) is 24.4 Å². The van der Waals surface area contributed by atoms with Crippen molar-refractivity contribution in [2.45, 2.75) is 5.25 Å². The first kappa shape index (κ1) is 12.8. The fourth-order valence-corrected chi connectivity index (χ4v) is 3.93. The van der Waals surface area contributed by atoms with E-state index in [9.17, 15) is 4.79 Å². The van der Waals surface area contributed by atoms with Crippen LogP contribution in [0.25, 0.3) is 0 Å². The van der Waals surface area contributed by atoms with Crippen LogP contribution in [-0.2, 0) is 4.79 Å². The number of H-pyrrole nitrogens is 1. The highest BCUT2D eigenvalue weighted by molar-refractivity contribution is 8.00. The second kappa shape index (κ2) is 5.07. The largest absolute Gasteiger partial charge is 0.310 e. The average molecular weight is 314 g/mol. The maximum atomic E-state index is 11.6. The van der Waals surface area contributed by atoms with E-state index in [2.05, 4.69) is 15.5 Å². The van der Waals surface area contributed by atoms with Crippen molar-refractivity contribution < 1.29 is 4.79 Å². The van der Waals surface area contributed by atoms with Crippen LogP contribution in [0.3, 0.4) is 0 Å². The summed E-state index contributed by atoms with van der Waals surface area (Å²) in [6.45, 7) is 0. The van der Waals surface area contributed by atoms with E-state index >= 15 is 0 Å². The normalized spacial score (nSPS) is 18.6. The molecular formula is C12H9Cl2N3OS. The summed E-state index contributed by atoms with van der Waals surface area (Å²) >= 11 is 14.0. The number of aromatic nitrogens is 2. The molecule has 0 radical (unpaired) electrons. The number of aromatic amines is 1. The van der Waals surface area contributed by atoms with Crippen LogP contribution >= 0.6 is 35.0 Å². The number of carbonyl (C=O) groups is 1. The lowest BCUT2D eigenvalue weighted by atomic mass is 10.1. The van der Waals surface area contributed by atoms with Gasteiger partial charge in [0.2, 0.25) is 5.91 Å². The highest BCUT2D eigenvalue weighted by atomic mass is 35.5. The third kappa shape index (κ3) is 2.33. The zero-order valence-electron chi connectivity index (χ0n) is 9.61. The molecule has 0 unspecified atom stereocenters. The lowest BCUT2D eigenvalue weighted by molar-refractivity contribution is -0.113. The molecule has 1 amide bonds. The summed E-state index contributed by atoms with van der Waals surface area (Å²) < 4.78 is 0. The highest BCUT2D eigenvalue weighted by Crippen LogP contribution is 2.45. The Bertz CT molecular complexity index is 623. The Morgan fingerprint density at radius 2 is 2.05 bits per heavy atom. The predicted octanol–water partition coefficient (Wildman–Crippen LogP) is 3.49. The summed E-state index contributed by atoms with van der Waals surface area (Å²) in [7, 11) is 0. The van der Waals surface area contributed by atoms with Gasteiger partial charge in [0, 0.05) is 21.2 Å². The topological polar surface area (TPSA) is 57.8 Å². The van der Waals surface area contributed by atoms with E-state index in [-0.39, 0.29) is 11.2 Å². The zero-order chi connectivity index (χ0) is 13.4. The number of hydrogen-bond acceptors (Lipinski definition) is 3. The lowest BCUT2D eigenvalue weighted by Crippen LogP contribution is -2.12. The number of hydrogen-bond donors (Lipinski definition) is 2. The van der Waals surface area contributed by atoms with E-state index in [1.165, 1.54) is 11.8 Å². The van der Waals surface area contributed by atoms with Crippen molar-refractivity contribution in [3.05, 3.63) is 45.6 Å². The predicted molar refractivity (Wildman–Crippen MR) is 78.0 cm³/mol. The van der Waals surface area contributed by atoms with Crippen LogP contribution in [0.15, 0.2) is 24.4 Å². The Balaban J connectivity index is 2.13. The molecule has 1 atom stereocenters. The molecule has 98 valence electrons. The third-order valence-corrected chi connectivity index (χ3v) is 4.77. The van der Waals surface area contributed by atoms with E-state index in [1.807, 2.05) is 0 Å². The first-order valence-electron chi connectivity index (χ1n) is 5.55. The lowest BCUT2D eigenvalue weighted by Gasteiger charge is -2.16. The van der Waals surface area contributed by atoms with Gasteiger partial charge in [-0.05, 0) is 12.1 Å². The van der Waals surface area contributed by atoms with Gasteiger partial charge in [0.25, 0.3) is 0 Å². The quantitative estimate of drug-likeness (QED) is 0.847.